The summed E-state index contributed by atoms with van der Waals surface area (Å²) < 4.78 is 0. The van der Waals surface area contributed by atoms with Crippen molar-refractivity contribution in [2.45, 2.75) is 20.3 Å². The Bertz CT molecular complexity index is 593. The van der Waals surface area contributed by atoms with Crippen molar-refractivity contribution >= 4 is 17.4 Å². The Kier molecular flexibility index (Phi) is 6.85. The van der Waals surface area contributed by atoms with E-state index >= 15 is 0 Å². The second-order valence-electron chi connectivity index (χ2n) is 6.21. The van der Waals surface area contributed by atoms with Gasteiger partial charge in [-0.05, 0) is 17.6 Å². The fourth-order valence-electron chi connectivity index (χ4n) is 2.67. The Hall–Kier alpha value is -2.30. The average molecular weight is 328 g/mol. The molecular weight excluding hydrogens is 300 g/mol. The first-order valence-electron chi connectivity index (χ1n) is 8.59. The van der Waals surface area contributed by atoms with Crippen LogP contribution in [0.3, 0.4) is 0 Å². The molecule has 0 aliphatic carbocycles. The van der Waals surface area contributed by atoms with Gasteiger partial charge < -0.3 is 15.5 Å². The van der Waals surface area contributed by atoms with Crippen LogP contribution in [0.1, 0.15) is 25.8 Å². The topological polar surface area (TPSA) is 56.7 Å². The number of nitrogens with zero attached hydrogens (tertiary/aromatic N) is 2. The number of hydrogen-bond donors (Lipinski definition) is 2. The van der Waals surface area contributed by atoms with Gasteiger partial charge in [0.25, 0.3) is 0 Å². The Labute approximate surface area is 144 Å². The number of hydrogen-bond acceptors (Lipinski definition) is 2. The minimum absolute atomic E-state index is 0.0213. The highest BCUT2D eigenvalue weighted by atomic mass is 16.1. The lowest BCUT2D eigenvalue weighted by Gasteiger charge is -2.29. The molecule has 0 spiro atoms. The zero-order chi connectivity index (χ0) is 17.4. The zero-order valence-electron chi connectivity index (χ0n) is 14.9. The highest BCUT2D eigenvalue weighted by molar-refractivity contribution is 5.81. The van der Waals surface area contributed by atoms with Gasteiger partial charge in [0, 0.05) is 39.1 Å². The van der Waals surface area contributed by atoms with Gasteiger partial charge in [0.05, 0.1) is 0 Å². The first kappa shape index (κ1) is 18.0. The quantitative estimate of drug-likeness (QED) is 0.494. The minimum Gasteiger partial charge on any atom is -0.354 e. The van der Waals surface area contributed by atoms with Crippen LogP contribution in [0, 0.1) is 5.92 Å². The summed E-state index contributed by atoms with van der Waals surface area (Å²) in [4.78, 5) is 18.1. The normalized spacial score (nSPS) is 15.2. The van der Waals surface area contributed by atoms with Crippen molar-refractivity contribution in [1.29, 1.82) is 0 Å². The van der Waals surface area contributed by atoms with Crippen LogP contribution in [-0.2, 0) is 4.79 Å². The summed E-state index contributed by atoms with van der Waals surface area (Å²) in [5, 5.41) is 6.23. The van der Waals surface area contributed by atoms with E-state index in [1.54, 1.807) is 7.05 Å². The van der Waals surface area contributed by atoms with E-state index in [1.165, 1.54) is 11.1 Å². The molecule has 1 aliphatic rings. The molecule has 0 fully saturated rings. The monoisotopic (exact) mass is 328 g/mol. The van der Waals surface area contributed by atoms with E-state index in [-0.39, 0.29) is 11.8 Å². The van der Waals surface area contributed by atoms with Gasteiger partial charge in [-0.25, -0.2) is 0 Å². The van der Waals surface area contributed by atoms with Crippen molar-refractivity contribution in [3.63, 3.8) is 0 Å². The third kappa shape index (κ3) is 5.11. The standard InChI is InChI=1S/C19H28N4O/c1-15(2)18(24)21-11-12-22-19(20-3)23-13-9-17(10-14-23)16-7-5-4-6-8-16/h4-9,15H,10-14H2,1-3H3,(H,20,22)(H,21,24). The lowest BCUT2D eigenvalue weighted by Crippen LogP contribution is -2.46. The van der Waals surface area contributed by atoms with Crippen LogP contribution < -0.4 is 10.6 Å². The highest BCUT2D eigenvalue weighted by Gasteiger charge is 2.16. The van der Waals surface area contributed by atoms with Crippen LogP contribution in [0.25, 0.3) is 5.57 Å². The molecule has 0 radical (unpaired) electrons. The third-order valence-corrected chi connectivity index (χ3v) is 4.10. The Morgan fingerprint density at radius 2 is 1.92 bits per heavy atom. The van der Waals surface area contributed by atoms with E-state index in [2.05, 4.69) is 50.9 Å². The summed E-state index contributed by atoms with van der Waals surface area (Å²) in [5.41, 5.74) is 2.70. The van der Waals surface area contributed by atoms with E-state index in [1.807, 2.05) is 19.9 Å². The summed E-state index contributed by atoms with van der Waals surface area (Å²) in [6, 6.07) is 10.5. The number of nitrogens with one attached hydrogen (secondary N) is 2. The van der Waals surface area contributed by atoms with E-state index in [9.17, 15) is 4.79 Å². The Morgan fingerprint density at radius 1 is 1.21 bits per heavy atom. The van der Waals surface area contributed by atoms with Crippen LogP contribution >= 0.6 is 0 Å². The van der Waals surface area contributed by atoms with Gasteiger partial charge in [-0.3, -0.25) is 9.79 Å². The van der Waals surface area contributed by atoms with Gasteiger partial charge in [-0.1, -0.05) is 50.3 Å². The SMILES string of the molecule is CN=C(NCCNC(=O)C(C)C)N1CC=C(c2ccccc2)CC1. The third-order valence-electron chi connectivity index (χ3n) is 4.10. The molecule has 5 heteroatoms. The molecule has 1 aromatic rings. The number of carbonyl (C=O) groups excluding carboxylic acids is 1. The van der Waals surface area contributed by atoms with Gasteiger partial charge in [0.2, 0.25) is 5.91 Å². The molecule has 5 nitrogen and oxygen atoms in total. The highest BCUT2D eigenvalue weighted by Crippen LogP contribution is 2.21. The van der Waals surface area contributed by atoms with E-state index in [0.717, 1.165) is 25.5 Å². The van der Waals surface area contributed by atoms with Crippen LogP contribution in [0.5, 0.6) is 0 Å². The van der Waals surface area contributed by atoms with Gasteiger partial charge in [-0.15, -0.1) is 0 Å². The molecule has 0 atom stereocenters. The van der Waals surface area contributed by atoms with Crippen LogP contribution in [0.2, 0.25) is 0 Å². The van der Waals surface area contributed by atoms with Crippen molar-refractivity contribution < 1.29 is 4.79 Å². The van der Waals surface area contributed by atoms with Crippen LogP contribution in [0.4, 0.5) is 0 Å². The van der Waals surface area contributed by atoms with Crippen LogP contribution in [0.15, 0.2) is 41.4 Å². The maximum atomic E-state index is 11.5. The minimum atomic E-state index is 0.0213. The number of carbonyl (C=O) groups is 1. The van der Waals surface area contributed by atoms with E-state index in [4.69, 9.17) is 0 Å². The van der Waals surface area contributed by atoms with Gasteiger partial charge >= 0.3 is 0 Å². The molecule has 0 saturated heterocycles. The Morgan fingerprint density at radius 3 is 2.50 bits per heavy atom. The number of amides is 1. The smallest absolute Gasteiger partial charge is 0.222 e. The Balaban J connectivity index is 1.81. The molecule has 0 bridgehead atoms. The fraction of sp³-hybridized carbons (Fsp3) is 0.474. The molecule has 1 amide bonds. The molecule has 0 aromatic heterocycles. The second kappa shape index (κ2) is 9.11. The van der Waals surface area contributed by atoms with Gasteiger partial charge in [0.1, 0.15) is 0 Å². The molecule has 24 heavy (non-hydrogen) atoms. The summed E-state index contributed by atoms with van der Waals surface area (Å²) in [7, 11) is 1.80. The first-order valence-corrected chi connectivity index (χ1v) is 8.59. The van der Waals surface area contributed by atoms with E-state index in [0.29, 0.717) is 13.1 Å². The van der Waals surface area contributed by atoms with Crippen molar-refractivity contribution in [2.75, 3.05) is 33.2 Å². The van der Waals surface area contributed by atoms with Gasteiger partial charge in [0.15, 0.2) is 5.96 Å². The largest absolute Gasteiger partial charge is 0.354 e. The summed E-state index contributed by atoms with van der Waals surface area (Å²) in [6.07, 6.45) is 3.28. The summed E-state index contributed by atoms with van der Waals surface area (Å²) >= 11 is 0. The van der Waals surface area contributed by atoms with Crippen molar-refractivity contribution in [1.82, 2.24) is 15.5 Å². The fourth-order valence-corrected chi connectivity index (χ4v) is 2.67. The molecule has 0 unspecified atom stereocenters. The zero-order valence-corrected chi connectivity index (χ0v) is 14.9. The molecule has 1 aromatic carbocycles. The van der Waals surface area contributed by atoms with Crippen LogP contribution in [-0.4, -0.2) is 50.0 Å². The number of rotatable bonds is 5. The summed E-state index contributed by atoms with van der Waals surface area (Å²) in [5.74, 6) is 0.991. The van der Waals surface area contributed by atoms with Crippen molar-refractivity contribution in [2.24, 2.45) is 10.9 Å². The summed E-state index contributed by atoms with van der Waals surface area (Å²) in [6.45, 7) is 6.87. The van der Waals surface area contributed by atoms with E-state index < -0.39 is 0 Å². The number of aliphatic imine (C=N–C) groups is 1. The molecular formula is C19H28N4O. The number of guanidine groups is 1. The maximum absolute atomic E-state index is 11.5. The number of benzene rings is 1. The second-order valence-corrected chi connectivity index (χ2v) is 6.21. The molecule has 1 aliphatic heterocycles. The molecule has 0 saturated carbocycles. The molecule has 2 rings (SSSR count). The predicted octanol–water partition coefficient (Wildman–Crippen LogP) is 2.12. The lowest BCUT2D eigenvalue weighted by atomic mass is 10.00. The molecule has 130 valence electrons. The molecule has 2 N–H and O–H groups in total. The van der Waals surface area contributed by atoms with Crippen molar-refractivity contribution in [3.8, 4) is 0 Å². The van der Waals surface area contributed by atoms with Crippen molar-refractivity contribution in [3.05, 3.63) is 42.0 Å². The first-order chi connectivity index (χ1) is 11.6. The maximum Gasteiger partial charge on any atom is 0.222 e. The molecule has 1 heterocycles. The average Bonchev–Trinajstić information content (AvgIpc) is 2.62. The predicted molar refractivity (Wildman–Crippen MR) is 99.8 cm³/mol. The lowest BCUT2D eigenvalue weighted by molar-refractivity contribution is -0.123. The van der Waals surface area contributed by atoms with Gasteiger partial charge in [-0.2, -0.15) is 0 Å².